The monoisotopic (exact) mass is 510 g/mol. The number of alkyl halides is 3. The molecular weight excluding hydrogens is 493 g/mol. The zero-order chi connectivity index (χ0) is 22.2. The lowest BCUT2D eigenvalue weighted by atomic mass is 9.97. The van der Waals surface area contributed by atoms with Gasteiger partial charge in [0.05, 0.1) is 16.2 Å². The van der Waals surface area contributed by atoms with Crippen molar-refractivity contribution in [2.45, 2.75) is 29.6 Å². The van der Waals surface area contributed by atoms with Gasteiger partial charge in [-0.1, -0.05) is 42.5 Å². The van der Waals surface area contributed by atoms with Crippen LogP contribution in [0.5, 0.6) is 0 Å². The largest absolute Gasteiger partial charge is 0.410 e. The van der Waals surface area contributed by atoms with Crippen LogP contribution in [0.2, 0.25) is 0 Å². The van der Waals surface area contributed by atoms with E-state index < -0.39 is 24.2 Å². The number of halogens is 4. The van der Waals surface area contributed by atoms with Crippen LogP contribution in [0.4, 0.5) is 24.7 Å². The minimum Gasteiger partial charge on any atom is -0.362 e. The number of hydrogen-bond donors (Lipinski definition) is 2. The van der Waals surface area contributed by atoms with Crippen molar-refractivity contribution in [2.75, 3.05) is 16.9 Å². The Labute approximate surface area is 189 Å². The maximum atomic E-state index is 13.9. The Hall–Kier alpha value is -2.46. The molecule has 31 heavy (non-hydrogen) atoms. The van der Waals surface area contributed by atoms with Crippen molar-refractivity contribution in [1.29, 1.82) is 0 Å². The van der Waals surface area contributed by atoms with E-state index in [1.807, 2.05) is 24.5 Å². The van der Waals surface area contributed by atoms with E-state index in [4.69, 9.17) is 0 Å². The van der Waals surface area contributed by atoms with E-state index in [1.54, 1.807) is 36.4 Å². The summed E-state index contributed by atoms with van der Waals surface area (Å²) in [4.78, 5) is 13.7. The van der Waals surface area contributed by atoms with Crippen LogP contribution in [0.3, 0.4) is 0 Å². The first-order valence-electron chi connectivity index (χ1n) is 9.40. The van der Waals surface area contributed by atoms with Crippen LogP contribution in [-0.4, -0.2) is 28.1 Å². The van der Waals surface area contributed by atoms with Crippen LogP contribution < -0.4 is 10.6 Å². The quantitative estimate of drug-likeness (QED) is 0.405. The van der Waals surface area contributed by atoms with Crippen LogP contribution in [0.1, 0.15) is 34.6 Å². The zero-order valence-corrected chi connectivity index (χ0v) is 18.7. The molecule has 2 heterocycles. The third kappa shape index (κ3) is 4.31. The first-order valence-corrected chi connectivity index (χ1v) is 11.4. The molecule has 2 N–H and O–H groups in total. The molecule has 1 aliphatic rings. The summed E-state index contributed by atoms with van der Waals surface area (Å²) in [6, 6.07) is 13.7. The Kier molecular flexibility index (Phi) is 6.02. The Morgan fingerprint density at radius 1 is 1.19 bits per heavy atom. The van der Waals surface area contributed by atoms with E-state index in [0.717, 1.165) is 15.1 Å². The summed E-state index contributed by atoms with van der Waals surface area (Å²) >= 11 is 4.75. The highest BCUT2D eigenvalue weighted by Gasteiger charge is 2.47. The van der Waals surface area contributed by atoms with Crippen molar-refractivity contribution >= 4 is 45.1 Å². The van der Waals surface area contributed by atoms with Gasteiger partial charge in [-0.25, -0.2) is 4.68 Å². The van der Waals surface area contributed by atoms with Gasteiger partial charge in [0.1, 0.15) is 5.82 Å². The Bertz CT molecular complexity index is 1100. The maximum Gasteiger partial charge on any atom is 0.410 e. The van der Waals surface area contributed by atoms with Crippen molar-refractivity contribution in [3.05, 3.63) is 70.3 Å². The Balaban J connectivity index is 1.71. The average Bonchev–Trinajstić information content (AvgIpc) is 3.10. The molecule has 1 aliphatic heterocycles. The van der Waals surface area contributed by atoms with Crippen LogP contribution in [-0.2, 0) is 0 Å². The molecule has 0 aliphatic carbocycles. The minimum atomic E-state index is -4.52. The van der Waals surface area contributed by atoms with Crippen LogP contribution in [0, 0.1) is 0 Å². The molecule has 4 rings (SSSR count). The summed E-state index contributed by atoms with van der Waals surface area (Å²) in [6.45, 7) is 0. The molecule has 0 spiro atoms. The second-order valence-corrected chi connectivity index (χ2v) is 8.65. The molecule has 1 amide bonds. The van der Waals surface area contributed by atoms with Gasteiger partial charge in [-0.05, 0) is 39.9 Å². The van der Waals surface area contributed by atoms with Gasteiger partial charge in [0.15, 0.2) is 11.7 Å². The van der Waals surface area contributed by atoms with Crippen molar-refractivity contribution < 1.29 is 18.0 Å². The Morgan fingerprint density at radius 3 is 2.55 bits per heavy atom. The number of nitrogens with zero attached hydrogens (tertiary/aromatic N) is 2. The molecule has 5 nitrogen and oxygen atoms in total. The van der Waals surface area contributed by atoms with Gasteiger partial charge in [0, 0.05) is 11.3 Å². The van der Waals surface area contributed by atoms with Gasteiger partial charge in [-0.3, -0.25) is 4.79 Å². The van der Waals surface area contributed by atoms with Crippen LogP contribution in [0.15, 0.2) is 64.0 Å². The summed E-state index contributed by atoms with van der Waals surface area (Å²) in [6.07, 6.45) is -2.88. The van der Waals surface area contributed by atoms with Gasteiger partial charge in [0.25, 0.3) is 5.91 Å². The predicted molar refractivity (Wildman–Crippen MR) is 119 cm³/mol. The fraction of sp³-hybridized carbons (Fsp3) is 0.238. The number of carbonyl (C=O) groups excluding carboxylic acids is 1. The number of aromatic nitrogens is 2. The van der Waals surface area contributed by atoms with Crippen molar-refractivity contribution in [3.63, 3.8) is 0 Å². The van der Waals surface area contributed by atoms with E-state index in [1.165, 1.54) is 11.8 Å². The van der Waals surface area contributed by atoms with E-state index in [0.29, 0.717) is 5.69 Å². The maximum absolute atomic E-state index is 13.9. The van der Waals surface area contributed by atoms with Gasteiger partial charge in [-0.2, -0.15) is 18.3 Å². The molecule has 3 aromatic rings. The first-order chi connectivity index (χ1) is 14.8. The highest BCUT2D eigenvalue weighted by atomic mass is 79.9. The second kappa shape index (κ2) is 8.58. The van der Waals surface area contributed by atoms with E-state index >= 15 is 0 Å². The average molecular weight is 511 g/mol. The fourth-order valence-electron chi connectivity index (χ4n) is 3.57. The molecule has 0 fully saturated rings. The molecule has 0 saturated carbocycles. The lowest BCUT2D eigenvalue weighted by molar-refractivity contribution is -0.173. The molecule has 0 saturated heterocycles. The lowest BCUT2D eigenvalue weighted by Gasteiger charge is -2.33. The standard InChI is InChI=1S/C21H18BrF3N4OS/c1-31-15-10-6-5-9-13(15)27-20(30)18-17(22)19-26-14(12-7-3-2-4-8-12)11-16(21(23,24)25)29(19)28-18/h2-10,14,16,26H,11H2,1H3,(H,27,30). The van der Waals surface area contributed by atoms with Crippen LogP contribution in [0.25, 0.3) is 0 Å². The predicted octanol–water partition coefficient (Wildman–Crippen LogP) is 6.28. The summed E-state index contributed by atoms with van der Waals surface area (Å²) in [5.41, 5.74) is 1.19. The summed E-state index contributed by atoms with van der Waals surface area (Å²) in [5.74, 6) is -0.458. The third-order valence-corrected chi connectivity index (χ3v) is 6.61. The number of nitrogens with one attached hydrogen (secondary N) is 2. The third-order valence-electron chi connectivity index (χ3n) is 5.07. The number of para-hydroxylation sites is 1. The normalized spacial score (nSPS) is 18.2. The molecule has 2 atom stereocenters. The summed E-state index contributed by atoms with van der Waals surface area (Å²) in [5, 5.41) is 9.91. The SMILES string of the molecule is CSc1ccccc1NC(=O)c1nn2c(c1Br)NC(c1ccccc1)CC2C(F)(F)F. The highest BCUT2D eigenvalue weighted by Crippen LogP contribution is 2.46. The number of hydrogen-bond acceptors (Lipinski definition) is 4. The van der Waals surface area contributed by atoms with Crippen molar-refractivity contribution in [2.24, 2.45) is 0 Å². The number of amides is 1. The molecule has 162 valence electrons. The van der Waals surface area contributed by atoms with Gasteiger partial charge >= 0.3 is 6.18 Å². The molecule has 0 bridgehead atoms. The number of benzene rings is 2. The highest BCUT2D eigenvalue weighted by molar-refractivity contribution is 9.10. The van der Waals surface area contributed by atoms with Crippen molar-refractivity contribution in [3.8, 4) is 0 Å². The first kappa shape index (κ1) is 21.8. The summed E-state index contributed by atoms with van der Waals surface area (Å²) in [7, 11) is 0. The molecule has 10 heteroatoms. The molecule has 1 aromatic heterocycles. The Morgan fingerprint density at radius 2 is 1.87 bits per heavy atom. The van der Waals surface area contributed by atoms with Gasteiger partial charge < -0.3 is 10.6 Å². The molecule has 0 radical (unpaired) electrons. The number of anilines is 2. The molecular formula is C21H18BrF3N4OS. The number of thioether (sulfide) groups is 1. The minimum absolute atomic E-state index is 0.110. The van der Waals surface area contributed by atoms with E-state index in [9.17, 15) is 18.0 Å². The number of carbonyl (C=O) groups is 1. The van der Waals surface area contributed by atoms with Crippen LogP contribution >= 0.6 is 27.7 Å². The second-order valence-electron chi connectivity index (χ2n) is 7.01. The number of rotatable bonds is 4. The molecule has 2 aromatic carbocycles. The lowest BCUT2D eigenvalue weighted by Crippen LogP contribution is -2.35. The smallest absolute Gasteiger partial charge is 0.362 e. The topological polar surface area (TPSA) is 59.0 Å². The van der Waals surface area contributed by atoms with Gasteiger partial charge in [0.2, 0.25) is 0 Å². The van der Waals surface area contributed by atoms with E-state index in [-0.39, 0.29) is 22.4 Å². The summed E-state index contributed by atoms with van der Waals surface area (Å²) < 4.78 is 42.7. The van der Waals surface area contributed by atoms with Gasteiger partial charge in [-0.15, -0.1) is 11.8 Å². The molecule has 2 unspecified atom stereocenters. The fourth-order valence-corrected chi connectivity index (χ4v) is 4.68. The van der Waals surface area contributed by atoms with E-state index in [2.05, 4.69) is 31.7 Å². The van der Waals surface area contributed by atoms with Crippen molar-refractivity contribution in [1.82, 2.24) is 9.78 Å². The zero-order valence-electron chi connectivity index (χ0n) is 16.3. The number of fused-ring (bicyclic) bond motifs is 1.